The summed E-state index contributed by atoms with van der Waals surface area (Å²) in [5.74, 6) is -0.408. The third-order valence-electron chi connectivity index (χ3n) is 2.25. The lowest BCUT2D eigenvalue weighted by Crippen LogP contribution is -2.03. The number of aromatic nitrogens is 2. The molecule has 1 heterocycles. The summed E-state index contributed by atoms with van der Waals surface area (Å²) in [4.78, 5) is 11.5. The third kappa shape index (κ3) is 2.66. The molecule has 0 atom stereocenters. The summed E-state index contributed by atoms with van der Waals surface area (Å²) in [5.41, 5.74) is 1.03. The molecule has 2 aromatic rings. The van der Waals surface area contributed by atoms with E-state index in [0.717, 1.165) is 0 Å². The molecule has 2 rings (SSSR count). The number of esters is 1. The Morgan fingerprint density at radius 3 is 2.89 bits per heavy atom. The molecule has 0 aliphatic rings. The average Bonchev–Trinajstić information content (AvgIpc) is 2.78. The Bertz CT molecular complexity index is 581. The van der Waals surface area contributed by atoms with Crippen molar-refractivity contribution in [3.63, 3.8) is 0 Å². The first-order chi connectivity index (χ1) is 8.61. The van der Waals surface area contributed by atoms with E-state index in [-0.39, 0.29) is 0 Å². The molecule has 0 radical (unpaired) electrons. The van der Waals surface area contributed by atoms with Crippen molar-refractivity contribution < 1.29 is 9.53 Å². The Morgan fingerprint density at radius 1 is 1.44 bits per heavy atom. The van der Waals surface area contributed by atoms with Crippen LogP contribution in [0.25, 0.3) is 5.69 Å². The van der Waals surface area contributed by atoms with Crippen molar-refractivity contribution in [1.82, 2.24) is 9.78 Å². The third-order valence-corrected chi connectivity index (χ3v) is 2.79. The number of carbonyl (C=O) groups is 1. The molecule has 0 bridgehead atoms. The Hall–Kier alpha value is -1.52. The number of benzene rings is 1. The van der Waals surface area contributed by atoms with Gasteiger partial charge >= 0.3 is 5.97 Å². The highest BCUT2D eigenvalue weighted by Gasteiger charge is 2.11. The molecule has 4 nitrogen and oxygen atoms in total. The molecule has 0 aliphatic carbocycles. The van der Waals surface area contributed by atoms with Gasteiger partial charge in [-0.05, 0) is 25.1 Å². The van der Waals surface area contributed by atoms with Crippen LogP contribution in [-0.4, -0.2) is 22.4 Å². The van der Waals surface area contributed by atoms with Crippen molar-refractivity contribution in [3.8, 4) is 5.69 Å². The first kappa shape index (κ1) is 12.9. The lowest BCUT2D eigenvalue weighted by molar-refractivity contribution is 0.0526. The number of hydrogen-bond acceptors (Lipinski definition) is 3. The van der Waals surface area contributed by atoms with Crippen LogP contribution in [0.2, 0.25) is 10.0 Å². The molecule has 0 saturated heterocycles. The highest BCUT2D eigenvalue weighted by molar-refractivity contribution is 6.35. The van der Waals surface area contributed by atoms with Crippen molar-refractivity contribution >= 4 is 29.2 Å². The summed E-state index contributed by atoms with van der Waals surface area (Å²) in [5, 5.41) is 5.07. The number of nitrogens with zero attached hydrogens (tertiary/aromatic N) is 2. The van der Waals surface area contributed by atoms with Crippen LogP contribution in [0.1, 0.15) is 17.3 Å². The molecule has 0 saturated carbocycles. The molecule has 0 fully saturated rings. The quantitative estimate of drug-likeness (QED) is 0.812. The molecule has 94 valence electrons. The second kappa shape index (κ2) is 5.42. The molecule has 0 aliphatic heterocycles. The summed E-state index contributed by atoms with van der Waals surface area (Å²) in [6, 6.07) is 5.05. The van der Waals surface area contributed by atoms with E-state index in [0.29, 0.717) is 27.9 Å². The average molecular weight is 285 g/mol. The maximum absolute atomic E-state index is 11.5. The lowest BCUT2D eigenvalue weighted by atomic mass is 10.3. The second-order valence-corrected chi connectivity index (χ2v) is 4.33. The summed E-state index contributed by atoms with van der Waals surface area (Å²) >= 11 is 11.9. The fraction of sp³-hybridized carbons (Fsp3) is 0.167. The Kier molecular flexibility index (Phi) is 3.89. The predicted molar refractivity (Wildman–Crippen MR) is 69.5 cm³/mol. The van der Waals surface area contributed by atoms with E-state index in [1.165, 1.54) is 10.9 Å². The molecule has 1 aromatic carbocycles. The molecular formula is C12H10Cl2N2O2. The van der Waals surface area contributed by atoms with E-state index in [1.54, 1.807) is 31.3 Å². The van der Waals surface area contributed by atoms with Gasteiger partial charge in [0.2, 0.25) is 0 Å². The minimum absolute atomic E-state index is 0.325. The maximum atomic E-state index is 11.5. The Labute approximate surface area is 114 Å². The van der Waals surface area contributed by atoms with E-state index in [4.69, 9.17) is 27.9 Å². The molecule has 0 amide bonds. The highest BCUT2D eigenvalue weighted by Crippen LogP contribution is 2.24. The molecule has 1 aromatic heterocycles. The van der Waals surface area contributed by atoms with Crippen molar-refractivity contribution in [2.75, 3.05) is 6.61 Å². The van der Waals surface area contributed by atoms with Gasteiger partial charge in [-0.25, -0.2) is 9.48 Å². The van der Waals surface area contributed by atoms with Crippen LogP contribution in [0.4, 0.5) is 0 Å². The molecule has 6 heteroatoms. The maximum Gasteiger partial charge on any atom is 0.341 e. The van der Waals surface area contributed by atoms with Crippen LogP contribution < -0.4 is 0 Å². The van der Waals surface area contributed by atoms with Crippen LogP contribution in [0.3, 0.4) is 0 Å². The minimum atomic E-state index is -0.408. The van der Waals surface area contributed by atoms with Crippen LogP contribution in [0.15, 0.2) is 30.6 Å². The number of hydrogen-bond donors (Lipinski definition) is 0. The summed E-state index contributed by atoms with van der Waals surface area (Å²) in [6.45, 7) is 2.07. The van der Waals surface area contributed by atoms with Gasteiger partial charge in [0.1, 0.15) is 0 Å². The van der Waals surface area contributed by atoms with Crippen molar-refractivity contribution in [1.29, 1.82) is 0 Å². The number of carbonyl (C=O) groups excluding carboxylic acids is 1. The van der Waals surface area contributed by atoms with E-state index >= 15 is 0 Å². The zero-order valence-electron chi connectivity index (χ0n) is 9.56. The Balaban J connectivity index is 2.32. The van der Waals surface area contributed by atoms with Crippen LogP contribution in [0, 0.1) is 0 Å². The fourth-order valence-corrected chi connectivity index (χ4v) is 1.94. The van der Waals surface area contributed by atoms with Crippen LogP contribution in [-0.2, 0) is 4.74 Å². The normalized spacial score (nSPS) is 10.4. The van der Waals surface area contributed by atoms with Gasteiger partial charge < -0.3 is 4.74 Å². The zero-order chi connectivity index (χ0) is 13.1. The van der Waals surface area contributed by atoms with Crippen LogP contribution >= 0.6 is 23.2 Å². The standard InChI is InChI=1S/C12H10Cl2N2O2/c1-2-18-12(17)8-6-15-16(7-8)11-4-3-9(13)5-10(11)14/h3-7H,2H2,1H3. The van der Waals surface area contributed by atoms with Crippen molar-refractivity contribution in [2.24, 2.45) is 0 Å². The monoisotopic (exact) mass is 284 g/mol. The van der Waals surface area contributed by atoms with Crippen molar-refractivity contribution in [3.05, 3.63) is 46.2 Å². The lowest BCUT2D eigenvalue weighted by Gasteiger charge is -2.04. The topological polar surface area (TPSA) is 44.1 Å². The first-order valence-electron chi connectivity index (χ1n) is 5.29. The van der Waals surface area contributed by atoms with Gasteiger partial charge in [-0.15, -0.1) is 0 Å². The fourth-order valence-electron chi connectivity index (χ4n) is 1.44. The van der Waals surface area contributed by atoms with Crippen molar-refractivity contribution in [2.45, 2.75) is 6.92 Å². The number of halogens is 2. The van der Waals surface area contributed by atoms with Gasteiger partial charge in [0, 0.05) is 11.2 Å². The largest absolute Gasteiger partial charge is 0.462 e. The number of ether oxygens (including phenoxy) is 1. The van der Waals surface area contributed by atoms with Gasteiger partial charge in [-0.1, -0.05) is 23.2 Å². The highest BCUT2D eigenvalue weighted by atomic mass is 35.5. The molecule has 18 heavy (non-hydrogen) atoms. The van der Waals surface area contributed by atoms with Gasteiger partial charge in [-0.2, -0.15) is 5.10 Å². The van der Waals surface area contributed by atoms with E-state index in [9.17, 15) is 4.79 Å². The zero-order valence-corrected chi connectivity index (χ0v) is 11.1. The Morgan fingerprint density at radius 2 is 2.22 bits per heavy atom. The second-order valence-electron chi connectivity index (χ2n) is 3.49. The molecule has 0 unspecified atom stereocenters. The van der Waals surface area contributed by atoms with Gasteiger partial charge in [0.15, 0.2) is 0 Å². The first-order valence-corrected chi connectivity index (χ1v) is 6.04. The van der Waals surface area contributed by atoms with Crippen LogP contribution in [0.5, 0.6) is 0 Å². The summed E-state index contributed by atoms with van der Waals surface area (Å²) in [7, 11) is 0. The van der Waals surface area contributed by atoms with E-state index < -0.39 is 5.97 Å². The number of rotatable bonds is 3. The smallest absolute Gasteiger partial charge is 0.341 e. The van der Waals surface area contributed by atoms with Gasteiger partial charge in [0.05, 0.1) is 29.1 Å². The molecule has 0 N–H and O–H groups in total. The summed E-state index contributed by atoms with van der Waals surface area (Å²) in [6.07, 6.45) is 3.00. The van der Waals surface area contributed by atoms with E-state index in [1.807, 2.05) is 0 Å². The SMILES string of the molecule is CCOC(=O)c1cnn(-c2ccc(Cl)cc2Cl)c1. The van der Waals surface area contributed by atoms with E-state index in [2.05, 4.69) is 5.10 Å². The molecule has 0 spiro atoms. The van der Waals surface area contributed by atoms with Gasteiger partial charge in [-0.3, -0.25) is 0 Å². The minimum Gasteiger partial charge on any atom is -0.462 e. The molecular weight excluding hydrogens is 275 g/mol. The van der Waals surface area contributed by atoms with Gasteiger partial charge in [0.25, 0.3) is 0 Å². The predicted octanol–water partition coefficient (Wildman–Crippen LogP) is 3.36. The summed E-state index contributed by atoms with van der Waals surface area (Å²) < 4.78 is 6.38.